The van der Waals surface area contributed by atoms with E-state index in [1.165, 1.54) is 10.4 Å². The van der Waals surface area contributed by atoms with Gasteiger partial charge in [-0.1, -0.05) is 15.9 Å². The Kier molecular flexibility index (Phi) is 5.63. The Hall–Kier alpha value is -1.97. The molecule has 154 valence electrons. The molecule has 2 aliphatic rings. The molecule has 1 N–H and O–H groups in total. The molecular formula is C20H20BrFN2O4S. The van der Waals surface area contributed by atoms with Crippen molar-refractivity contribution in [3.63, 3.8) is 0 Å². The second kappa shape index (κ2) is 8.04. The van der Waals surface area contributed by atoms with Crippen LogP contribution < -0.4 is 10.1 Å². The monoisotopic (exact) mass is 482 g/mol. The van der Waals surface area contributed by atoms with Crippen molar-refractivity contribution in [3.05, 3.63) is 57.8 Å². The lowest BCUT2D eigenvalue weighted by molar-refractivity contribution is 0.0924. The first-order valence-electron chi connectivity index (χ1n) is 9.39. The number of nitrogens with zero attached hydrogens (tertiary/aromatic N) is 1. The van der Waals surface area contributed by atoms with Crippen molar-refractivity contribution < 1.29 is 22.3 Å². The predicted octanol–water partition coefficient (Wildman–Crippen LogP) is 3.63. The quantitative estimate of drug-likeness (QED) is 0.721. The van der Waals surface area contributed by atoms with Gasteiger partial charge in [-0.15, -0.1) is 0 Å². The van der Waals surface area contributed by atoms with Crippen LogP contribution in [0.1, 0.15) is 41.2 Å². The molecule has 0 bridgehead atoms. The highest BCUT2D eigenvalue weighted by molar-refractivity contribution is 9.10. The number of halogens is 2. The molecule has 2 aromatic rings. The van der Waals surface area contributed by atoms with Gasteiger partial charge in [-0.3, -0.25) is 4.79 Å². The van der Waals surface area contributed by atoms with Crippen LogP contribution in [0.25, 0.3) is 0 Å². The van der Waals surface area contributed by atoms with Gasteiger partial charge in [-0.25, -0.2) is 12.8 Å². The van der Waals surface area contributed by atoms with E-state index in [-0.39, 0.29) is 11.6 Å². The van der Waals surface area contributed by atoms with E-state index < -0.39 is 26.6 Å². The van der Waals surface area contributed by atoms with Crippen molar-refractivity contribution in [1.29, 1.82) is 0 Å². The number of carbonyl (C=O) groups excluding carboxylic acids is 1. The predicted molar refractivity (Wildman–Crippen MR) is 109 cm³/mol. The van der Waals surface area contributed by atoms with Gasteiger partial charge in [0.2, 0.25) is 10.0 Å². The average Bonchev–Trinajstić information content (AvgIpc) is 3.24. The fourth-order valence-corrected chi connectivity index (χ4v) is 5.65. The Bertz CT molecular complexity index is 1050. The third kappa shape index (κ3) is 4.04. The van der Waals surface area contributed by atoms with Crippen molar-refractivity contribution in [2.75, 3.05) is 19.7 Å². The second-order valence-electron chi connectivity index (χ2n) is 7.10. The van der Waals surface area contributed by atoms with E-state index in [2.05, 4.69) is 21.2 Å². The van der Waals surface area contributed by atoms with E-state index in [0.29, 0.717) is 31.9 Å². The number of nitrogens with one attached hydrogen (secondary N) is 1. The lowest BCUT2D eigenvalue weighted by Gasteiger charge is -2.27. The standard InChI is InChI=1S/C20H20BrFN2O4S/c21-14-4-6-18-15(12-14)17(7-10-28-18)23-20(25)13-3-5-16(22)19(11-13)29(26,27)24-8-1-2-9-24/h3-6,11-12,17H,1-2,7-10H2,(H,23,25). The second-order valence-corrected chi connectivity index (χ2v) is 9.92. The molecular weight excluding hydrogens is 463 g/mol. The molecule has 9 heteroatoms. The van der Waals surface area contributed by atoms with E-state index >= 15 is 0 Å². The third-order valence-corrected chi connectivity index (χ3v) is 7.60. The van der Waals surface area contributed by atoms with Gasteiger partial charge in [0.1, 0.15) is 16.5 Å². The maximum Gasteiger partial charge on any atom is 0.251 e. The molecule has 1 saturated heterocycles. The van der Waals surface area contributed by atoms with Crippen molar-refractivity contribution in [2.24, 2.45) is 0 Å². The summed E-state index contributed by atoms with van der Waals surface area (Å²) < 4.78 is 47.6. The number of rotatable bonds is 4. The minimum absolute atomic E-state index is 0.104. The van der Waals surface area contributed by atoms with E-state index in [1.807, 2.05) is 18.2 Å². The van der Waals surface area contributed by atoms with Crippen LogP contribution in [0.4, 0.5) is 4.39 Å². The first-order chi connectivity index (χ1) is 13.9. The molecule has 2 aliphatic heterocycles. The highest BCUT2D eigenvalue weighted by Gasteiger charge is 2.31. The van der Waals surface area contributed by atoms with Crippen LogP contribution in [0.15, 0.2) is 45.8 Å². The van der Waals surface area contributed by atoms with Gasteiger partial charge in [0.25, 0.3) is 5.91 Å². The summed E-state index contributed by atoms with van der Waals surface area (Å²) in [7, 11) is -3.96. The van der Waals surface area contributed by atoms with Crippen LogP contribution in [0, 0.1) is 5.82 Å². The van der Waals surface area contributed by atoms with Crippen molar-refractivity contribution in [3.8, 4) is 5.75 Å². The van der Waals surface area contributed by atoms with Crippen molar-refractivity contribution >= 4 is 31.9 Å². The minimum atomic E-state index is -3.96. The summed E-state index contributed by atoms with van der Waals surface area (Å²) in [5.41, 5.74) is 0.943. The molecule has 6 nitrogen and oxygen atoms in total. The Morgan fingerprint density at radius 1 is 1.17 bits per heavy atom. The summed E-state index contributed by atoms with van der Waals surface area (Å²) in [4.78, 5) is 12.4. The number of fused-ring (bicyclic) bond motifs is 1. The largest absolute Gasteiger partial charge is 0.493 e. The maximum absolute atomic E-state index is 14.3. The summed E-state index contributed by atoms with van der Waals surface area (Å²) in [6.45, 7) is 1.19. The highest BCUT2D eigenvalue weighted by atomic mass is 79.9. The number of hydrogen-bond donors (Lipinski definition) is 1. The zero-order valence-electron chi connectivity index (χ0n) is 15.5. The number of amides is 1. The van der Waals surface area contributed by atoms with E-state index in [0.717, 1.165) is 35.0 Å². The van der Waals surface area contributed by atoms with E-state index in [1.54, 1.807) is 0 Å². The lowest BCUT2D eigenvalue weighted by atomic mass is 10.00. The van der Waals surface area contributed by atoms with Gasteiger partial charge in [-0.2, -0.15) is 4.31 Å². The molecule has 29 heavy (non-hydrogen) atoms. The van der Waals surface area contributed by atoms with Gasteiger partial charge < -0.3 is 10.1 Å². The molecule has 2 aromatic carbocycles. The Morgan fingerprint density at radius 2 is 1.93 bits per heavy atom. The summed E-state index contributed by atoms with van der Waals surface area (Å²) in [5.74, 6) is -0.615. The summed E-state index contributed by atoms with van der Waals surface area (Å²) >= 11 is 3.42. The minimum Gasteiger partial charge on any atom is -0.493 e. The smallest absolute Gasteiger partial charge is 0.251 e. The van der Waals surface area contributed by atoms with Crippen LogP contribution in [0.2, 0.25) is 0 Å². The Balaban J connectivity index is 1.60. The van der Waals surface area contributed by atoms with Crippen LogP contribution in [0.5, 0.6) is 5.75 Å². The average molecular weight is 483 g/mol. The molecule has 1 fully saturated rings. The molecule has 4 rings (SSSR count). The molecule has 0 aromatic heterocycles. The van der Waals surface area contributed by atoms with Gasteiger partial charge in [0.15, 0.2) is 0 Å². The zero-order chi connectivity index (χ0) is 20.6. The summed E-state index contributed by atoms with van der Waals surface area (Å²) in [6.07, 6.45) is 2.08. The summed E-state index contributed by atoms with van der Waals surface area (Å²) in [6, 6.07) is 8.75. The molecule has 2 heterocycles. The fourth-order valence-electron chi connectivity index (χ4n) is 3.67. The molecule has 0 saturated carbocycles. The lowest BCUT2D eigenvalue weighted by Crippen LogP contribution is -2.33. The van der Waals surface area contributed by atoms with Crippen LogP contribution in [-0.2, 0) is 10.0 Å². The molecule has 1 atom stereocenters. The molecule has 0 radical (unpaired) electrons. The van der Waals surface area contributed by atoms with Crippen LogP contribution in [0.3, 0.4) is 0 Å². The van der Waals surface area contributed by atoms with Gasteiger partial charge >= 0.3 is 0 Å². The molecule has 1 amide bonds. The Labute approximate surface area is 177 Å². The number of sulfonamides is 1. The number of hydrogen-bond acceptors (Lipinski definition) is 4. The van der Waals surface area contributed by atoms with Crippen molar-refractivity contribution in [1.82, 2.24) is 9.62 Å². The molecule has 0 spiro atoms. The molecule has 1 unspecified atom stereocenters. The van der Waals surface area contributed by atoms with Gasteiger partial charge in [0.05, 0.1) is 12.6 Å². The van der Waals surface area contributed by atoms with E-state index in [4.69, 9.17) is 4.74 Å². The first kappa shape index (κ1) is 20.3. The van der Waals surface area contributed by atoms with E-state index in [9.17, 15) is 17.6 Å². The normalized spacial score (nSPS) is 19.4. The fraction of sp³-hybridized carbons (Fsp3) is 0.350. The van der Waals surface area contributed by atoms with Crippen LogP contribution in [-0.4, -0.2) is 38.3 Å². The van der Waals surface area contributed by atoms with Gasteiger partial charge in [0, 0.05) is 35.1 Å². The Morgan fingerprint density at radius 3 is 2.69 bits per heavy atom. The topological polar surface area (TPSA) is 75.7 Å². The highest BCUT2D eigenvalue weighted by Crippen LogP contribution is 2.34. The third-order valence-electron chi connectivity index (χ3n) is 5.19. The number of carbonyl (C=O) groups is 1. The SMILES string of the molecule is O=C(NC1CCOc2ccc(Br)cc21)c1ccc(F)c(S(=O)(=O)N2CCCC2)c1. The molecule has 0 aliphatic carbocycles. The first-order valence-corrected chi connectivity index (χ1v) is 11.6. The number of ether oxygens (including phenoxy) is 1. The van der Waals surface area contributed by atoms with Crippen LogP contribution >= 0.6 is 15.9 Å². The summed E-state index contributed by atoms with van der Waals surface area (Å²) in [5, 5.41) is 2.92. The number of benzene rings is 2. The van der Waals surface area contributed by atoms with Crippen molar-refractivity contribution in [2.45, 2.75) is 30.2 Å². The zero-order valence-corrected chi connectivity index (χ0v) is 17.9. The van der Waals surface area contributed by atoms with Gasteiger partial charge in [-0.05, 0) is 49.2 Å². The maximum atomic E-state index is 14.3.